The summed E-state index contributed by atoms with van der Waals surface area (Å²) in [5.41, 5.74) is 3.69. The first-order chi connectivity index (χ1) is 8.84. The number of rotatable bonds is 2. The van der Waals surface area contributed by atoms with Crippen LogP contribution in [-0.2, 0) is 22.4 Å². The third kappa shape index (κ3) is 2.20. The number of hydrogen-bond acceptors (Lipinski definition) is 3. The average molecular weight is 246 g/mol. The monoisotopic (exact) mass is 246 g/mol. The SMILES string of the molecule is O=C(Cc1cccc2c1CCN2)N1CCOCC1. The minimum absolute atomic E-state index is 0.221. The fraction of sp³-hybridized carbons (Fsp3) is 0.500. The fourth-order valence-electron chi connectivity index (χ4n) is 2.67. The average Bonchev–Trinajstić information content (AvgIpc) is 2.89. The van der Waals surface area contributed by atoms with Crippen molar-refractivity contribution in [3.8, 4) is 0 Å². The van der Waals surface area contributed by atoms with Crippen LogP contribution in [-0.4, -0.2) is 43.7 Å². The largest absolute Gasteiger partial charge is 0.384 e. The van der Waals surface area contributed by atoms with Crippen LogP contribution >= 0.6 is 0 Å². The number of hydrogen-bond donors (Lipinski definition) is 1. The normalized spacial score (nSPS) is 18.3. The highest BCUT2D eigenvalue weighted by atomic mass is 16.5. The number of anilines is 1. The van der Waals surface area contributed by atoms with Crippen LogP contribution < -0.4 is 5.32 Å². The topological polar surface area (TPSA) is 41.6 Å². The second-order valence-corrected chi connectivity index (χ2v) is 4.79. The number of benzene rings is 1. The molecule has 0 spiro atoms. The van der Waals surface area contributed by atoms with Gasteiger partial charge in [-0.05, 0) is 23.6 Å². The minimum Gasteiger partial charge on any atom is -0.384 e. The van der Waals surface area contributed by atoms with Crippen LogP contribution in [0.2, 0.25) is 0 Å². The zero-order valence-corrected chi connectivity index (χ0v) is 10.4. The van der Waals surface area contributed by atoms with Crippen LogP contribution in [0.3, 0.4) is 0 Å². The maximum Gasteiger partial charge on any atom is 0.227 e. The molecule has 0 saturated carbocycles. The van der Waals surface area contributed by atoms with Crippen LogP contribution in [0.25, 0.3) is 0 Å². The van der Waals surface area contributed by atoms with Gasteiger partial charge in [0.25, 0.3) is 0 Å². The molecule has 0 unspecified atom stereocenters. The highest BCUT2D eigenvalue weighted by Gasteiger charge is 2.20. The van der Waals surface area contributed by atoms with Gasteiger partial charge in [-0.1, -0.05) is 12.1 Å². The van der Waals surface area contributed by atoms with Crippen LogP contribution in [0.1, 0.15) is 11.1 Å². The van der Waals surface area contributed by atoms with Crippen LogP contribution in [0.15, 0.2) is 18.2 Å². The molecule has 0 aliphatic carbocycles. The minimum atomic E-state index is 0.221. The Balaban J connectivity index is 1.72. The Hall–Kier alpha value is -1.55. The Bertz CT molecular complexity index is 453. The van der Waals surface area contributed by atoms with Gasteiger partial charge in [0.1, 0.15) is 0 Å². The van der Waals surface area contributed by atoms with E-state index in [1.165, 1.54) is 16.8 Å². The molecule has 1 aromatic rings. The van der Waals surface area contributed by atoms with Gasteiger partial charge in [-0.15, -0.1) is 0 Å². The van der Waals surface area contributed by atoms with E-state index in [1.807, 2.05) is 11.0 Å². The second-order valence-electron chi connectivity index (χ2n) is 4.79. The lowest BCUT2D eigenvalue weighted by Gasteiger charge is -2.27. The second kappa shape index (κ2) is 4.98. The number of ether oxygens (including phenoxy) is 1. The third-order valence-corrected chi connectivity index (χ3v) is 3.67. The molecule has 0 bridgehead atoms. The highest BCUT2D eigenvalue weighted by molar-refractivity contribution is 5.80. The number of carbonyl (C=O) groups is 1. The predicted molar refractivity (Wildman–Crippen MR) is 69.7 cm³/mol. The zero-order chi connectivity index (χ0) is 12.4. The first kappa shape index (κ1) is 11.5. The number of amides is 1. The Morgan fingerprint density at radius 3 is 3.00 bits per heavy atom. The van der Waals surface area contributed by atoms with E-state index in [9.17, 15) is 4.79 Å². The summed E-state index contributed by atoms with van der Waals surface area (Å²) in [4.78, 5) is 14.1. The molecule has 3 rings (SSSR count). The molecule has 2 heterocycles. The lowest BCUT2D eigenvalue weighted by molar-refractivity contribution is -0.134. The van der Waals surface area contributed by atoms with E-state index in [0.29, 0.717) is 19.6 Å². The third-order valence-electron chi connectivity index (χ3n) is 3.67. The van der Waals surface area contributed by atoms with E-state index in [1.54, 1.807) is 0 Å². The molecule has 18 heavy (non-hydrogen) atoms. The summed E-state index contributed by atoms with van der Waals surface area (Å²) in [7, 11) is 0. The van der Waals surface area contributed by atoms with Crippen molar-refractivity contribution >= 4 is 11.6 Å². The predicted octanol–water partition coefficient (Wildman–Crippen LogP) is 1.06. The first-order valence-corrected chi connectivity index (χ1v) is 6.55. The summed E-state index contributed by atoms with van der Waals surface area (Å²) >= 11 is 0. The summed E-state index contributed by atoms with van der Waals surface area (Å²) in [6.07, 6.45) is 1.55. The van der Waals surface area contributed by atoms with Crippen molar-refractivity contribution in [1.29, 1.82) is 0 Å². The van der Waals surface area contributed by atoms with Gasteiger partial charge in [-0.2, -0.15) is 0 Å². The highest BCUT2D eigenvalue weighted by Crippen LogP contribution is 2.26. The Morgan fingerprint density at radius 1 is 1.33 bits per heavy atom. The number of carbonyl (C=O) groups excluding carboxylic acids is 1. The molecular weight excluding hydrogens is 228 g/mol. The number of morpholine rings is 1. The molecule has 2 aliphatic heterocycles. The molecule has 1 saturated heterocycles. The molecule has 4 nitrogen and oxygen atoms in total. The summed E-state index contributed by atoms with van der Waals surface area (Å²) < 4.78 is 5.27. The van der Waals surface area contributed by atoms with Gasteiger partial charge in [0, 0.05) is 25.3 Å². The van der Waals surface area contributed by atoms with Crippen LogP contribution in [0, 0.1) is 0 Å². The van der Waals surface area contributed by atoms with Crippen molar-refractivity contribution in [1.82, 2.24) is 4.90 Å². The van der Waals surface area contributed by atoms with Gasteiger partial charge in [0.2, 0.25) is 5.91 Å². The van der Waals surface area contributed by atoms with Crippen molar-refractivity contribution in [2.24, 2.45) is 0 Å². The molecule has 1 N–H and O–H groups in total. The van der Waals surface area contributed by atoms with Gasteiger partial charge in [0.05, 0.1) is 19.6 Å². The maximum absolute atomic E-state index is 12.2. The summed E-state index contributed by atoms with van der Waals surface area (Å²) in [6.45, 7) is 3.77. The van der Waals surface area contributed by atoms with E-state index in [2.05, 4.69) is 17.4 Å². The van der Waals surface area contributed by atoms with Gasteiger partial charge >= 0.3 is 0 Å². The van der Waals surface area contributed by atoms with Gasteiger partial charge in [0.15, 0.2) is 0 Å². The van der Waals surface area contributed by atoms with Crippen LogP contribution in [0.4, 0.5) is 5.69 Å². The lowest BCUT2D eigenvalue weighted by Crippen LogP contribution is -2.41. The molecule has 4 heteroatoms. The lowest BCUT2D eigenvalue weighted by atomic mass is 10.0. The van der Waals surface area contributed by atoms with E-state index < -0.39 is 0 Å². The number of nitrogens with zero attached hydrogens (tertiary/aromatic N) is 1. The van der Waals surface area contributed by atoms with Gasteiger partial charge in [-0.3, -0.25) is 4.79 Å². The smallest absolute Gasteiger partial charge is 0.227 e. The van der Waals surface area contributed by atoms with Crippen molar-refractivity contribution < 1.29 is 9.53 Å². The Kier molecular flexibility index (Phi) is 3.19. The van der Waals surface area contributed by atoms with Gasteiger partial charge in [-0.25, -0.2) is 0 Å². The molecule has 1 aromatic carbocycles. The summed E-state index contributed by atoms with van der Waals surface area (Å²) in [5, 5.41) is 3.35. The zero-order valence-electron chi connectivity index (χ0n) is 10.4. The summed E-state index contributed by atoms with van der Waals surface area (Å²) in [6, 6.07) is 6.19. The van der Waals surface area contributed by atoms with Crippen molar-refractivity contribution in [3.63, 3.8) is 0 Å². The fourth-order valence-corrected chi connectivity index (χ4v) is 2.67. The van der Waals surface area contributed by atoms with Crippen molar-refractivity contribution in [2.45, 2.75) is 12.8 Å². The Labute approximate surface area is 107 Å². The van der Waals surface area contributed by atoms with E-state index in [-0.39, 0.29) is 5.91 Å². The van der Waals surface area contributed by atoms with E-state index in [4.69, 9.17) is 4.74 Å². The molecule has 96 valence electrons. The number of fused-ring (bicyclic) bond motifs is 1. The molecule has 0 radical (unpaired) electrons. The van der Waals surface area contributed by atoms with Crippen molar-refractivity contribution in [2.75, 3.05) is 38.2 Å². The Morgan fingerprint density at radius 2 is 2.17 bits per heavy atom. The molecule has 1 amide bonds. The molecule has 0 aromatic heterocycles. The van der Waals surface area contributed by atoms with Gasteiger partial charge < -0.3 is 15.0 Å². The molecular formula is C14H18N2O2. The summed E-state index contributed by atoms with van der Waals surface area (Å²) in [5.74, 6) is 0.221. The van der Waals surface area contributed by atoms with E-state index in [0.717, 1.165) is 26.1 Å². The quantitative estimate of drug-likeness (QED) is 0.848. The van der Waals surface area contributed by atoms with E-state index >= 15 is 0 Å². The van der Waals surface area contributed by atoms with Crippen molar-refractivity contribution in [3.05, 3.63) is 29.3 Å². The standard InChI is InChI=1S/C14H18N2O2/c17-14(16-6-8-18-9-7-16)10-11-2-1-3-13-12(11)4-5-15-13/h1-3,15H,4-10H2. The molecule has 0 atom stereocenters. The first-order valence-electron chi connectivity index (χ1n) is 6.55. The molecule has 2 aliphatic rings. The maximum atomic E-state index is 12.2. The number of nitrogens with one attached hydrogen (secondary N) is 1. The van der Waals surface area contributed by atoms with Crippen LogP contribution in [0.5, 0.6) is 0 Å². The molecule has 1 fully saturated rings.